The summed E-state index contributed by atoms with van der Waals surface area (Å²) in [7, 11) is 0. The number of nitrogens with zero attached hydrogens (tertiary/aromatic N) is 1. The highest BCUT2D eigenvalue weighted by molar-refractivity contribution is 5.85. The van der Waals surface area contributed by atoms with E-state index in [1.54, 1.807) is 0 Å². The Balaban J connectivity index is 0.00000140. The third-order valence-electron chi connectivity index (χ3n) is 6.88. The van der Waals surface area contributed by atoms with Gasteiger partial charge >= 0.3 is 0 Å². The normalized spacial score (nSPS) is 29.5. The number of nitrogens with one attached hydrogen (secondary N) is 1. The summed E-state index contributed by atoms with van der Waals surface area (Å²) < 4.78 is 0. The van der Waals surface area contributed by atoms with Gasteiger partial charge in [0, 0.05) is 19.1 Å². The van der Waals surface area contributed by atoms with Gasteiger partial charge in [0.1, 0.15) is 0 Å². The third kappa shape index (κ3) is 5.41. The first-order valence-electron chi connectivity index (χ1n) is 10.5. The Hall–Kier alpha value is -0.810. The van der Waals surface area contributed by atoms with Crippen LogP contribution in [-0.4, -0.2) is 29.9 Å². The van der Waals surface area contributed by atoms with Crippen LogP contribution in [0.5, 0.6) is 0 Å². The number of likely N-dealkylation sites (tertiary alicyclic amines) is 1. The molecule has 4 atom stereocenters. The molecule has 158 valence electrons. The van der Waals surface area contributed by atoms with E-state index in [4.69, 9.17) is 5.73 Å². The maximum Gasteiger partial charge on any atom is 0.225 e. The molecule has 4 unspecified atom stereocenters. The Morgan fingerprint density at radius 3 is 2.18 bits per heavy atom. The summed E-state index contributed by atoms with van der Waals surface area (Å²) in [5, 5.41) is 3.14. The molecule has 4 nitrogen and oxygen atoms in total. The fourth-order valence-electron chi connectivity index (χ4n) is 5.35. The number of rotatable bonds is 5. The highest BCUT2D eigenvalue weighted by atomic mass is 35.5. The highest BCUT2D eigenvalue weighted by Gasteiger charge is 2.48. The minimum atomic E-state index is 0. The van der Waals surface area contributed by atoms with E-state index < -0.39 is 0 Å². The molecule has 1 heterocycles. The number of hydrogen-bond donors (Lipinski definition) is 2. The van der Waals surface area contributed by atoms with Crippen molar-refractivity contribution in [3.8, 4) is 0 Å². The largest absolute Gasteiger partial charge is 0.352 e. The van der Waals surface area contributed by atoms with Crippen LogP contribution < -0.4 is 11.1 Å². The van der Waals surface area contributed by atoms with E-state index in [-0.39, 0.29) is 42.7 Å². The second-order valence-corrected chi connectivity index (χ2v) is 8.66. The van der Waals surface area contributed by atoms with E-state index in [1.165, 1.54) is 62.7 Å². The van der Waals surface area contributed by atoms with Crippen LogP contribution in [0.25, 0.3) is 0 Å². The number of nitrogens with two attached hydrogens (primary N) is 1. The molecule has 0 radical (unpaired) electrons. The van der Waals surface area contributed by atoms with Crippen LogP contribution in [0.3, 0.4) is 0 Å². The zero-order valence-corrected chi connectivity index (χ0v) is 18.3. The van der Waals surface area contributed by atoms with Gasteiger partial charge in [0.25, 0.3) is 0 Å². The topological polar surface area (TPSA) is 58.4 Å². The molecule has 2 bridgehead atoms. The number of amides is 1. The fraction of sp³-hybridized carbons (Fsp3) is 0.682. The van der Waals surface area contributed by atoms with Crippen molar-refractivity contribution in [1.82, 2.24) is 10.2 Å². The number of fused-ring (bicyclic) bond motifs is 2. The Kier molecular flexibility index (Phi) is 9.07. The average molecular weight is 428 g/mol. The zero-order chi connectivity index (χ0) is 17.9. The van der Waals surface area contributed by atoms with Crippen LogP contribution in [-0.2, 0) is 17.9 Å². The van der Waals surface area contributed by atoms with Gasteiger partial charge in [-0.3, -0.25) is 9.69 Å². The maximum atomic E-state index is 12.6. The van der Waals surface area contributed by atoms with Crippen LogP contribution in [0.2, 0.25) is 0 Å². The predicted octanol–water partition coefficient (Wildman–Crippen LogP) is 3.90. The summed E-state index contributed by atoms with van der Waals surface area (Å²) in [6, 6.07) is 8.83. The van der Waals surface area contributed by atoms with Crippen molar-refractivity contribution in [2.45, 2.75) is 64.1 Å². The molecule has 3 fully saturated rings. The Morgan fingerprint density at radius 2 is 1.57 bits per heavy atom. The van der Waals surface area contributed by atoms with E-state index in [2.05, 4.69) is 34.5 Å². The van der Waals surface area contributed by atoms with Crippen LogP contribution in [0, 0.1) is 17.8 Å². The summed E-state index contributed by atoms with van der Waals surface area (Å²) >= 11 is 0. The first-order chi connectivity index (χ1) is 12.7. The predicted molar refractivity (Wildman–Crippen MR) is 119 cm³/mol. The molecule has 0 aromatic heterocycles. The van der Waals surface area contributed by atoms with Crippen molar-refractivity contribution in [1.29, 1.82) is 0 Å². The molecule has 0 spiro atoms. The van der Waals surface area contributed by atoms with Gasteiger partial charge in [0.2, 0.25) is 5.91 Å². The fourth-order valence-corrected chi connectivity index (χ4v) is 5.35. The summed E-state index contributed by atoms with van der Waals surface area (Å²) in [5.41, 5.74) is 8.84. The number of halogens is 2. The number of carbonyl (C=O) groups is 1. The van der Waals surface area contributed by atoms with Crippen molar-refractivity contribution in [2.75, 3.05) is 13.1 Å². The molecule has 1 aromatic carbocycles. The van der Waals surface area contributed by atoms with Gasteiger partial charge in [0.15, 0.2) is 0 Å². The molecule has 1 amide bonds. The molecule has 1 aromatic rings. The van der Waals surface area contributed by atoms with Crippen molar-refractivity contribution in [2.24, 2.45) is 23.5 Å². The quantitative estimate of drug-likeness (QED) is 0.748. The van der Waals surface area contributed by atoms with Gasteiger partial charge in [-0.2, -0.15) is 0 Å². The summed E-state index contributed by atoms with van der Waals surface area (Å²) in [6.45, 7) is 4.11. The molecule has 1 aliphatic heterocycles. The monoisotopic (exact) mass is 427 g/mol. The summed E-state index contributed by atoms with van der Waals surface area (Å²) in [4.78, 5) is 15.2. The second kappa shape index (κ2) is 10.8. The van der Waals surface area contributed by atoms with Gasteiger partial charge in [-0.05, 0) is 68.2 Å². The summed E-state index contributed by atoms with van der Waals surface area (Å²) in [5.74, 6) is 1.30. The van der Waals surface area contributed by atoms with Gasteiger partial charge in [-0.15, -0.1) is 24.8 Å². The standard InChI is InChI=1S/C22H33N3O.2ClH/c23-21-19-10-9-18(13-19)20(21)22(26)24-14-16-5-7-17(8-6-16)15-25-11-3-1-2-4-12-25;;/h5-8,18-21H,1-4,9-15,23H2,(H,24,26);2*1H. The molecule has 28 heavy (non-hydrogen) atoms. The average Bonchev–Trinajstić information content (AvgIpc) is 3.14. The highest BCUT2D eigenvalue weighted by Crippen LogP contribution is 2.47. The minimum Gasteiger partial charge on any atom is -0.352 e. The van der Waals surface area contributed by atoms with E-state index in [0.29, 0.717) is 18.4 Å². The number of carbonyl (C=O) groups excluding carboxylic acids is 1. The lowest BCUT2D eigenvalue weighted by atomic mass is 9.84. The van der Waals surface area contributed by atoms with Crippen molar-refractivity contribution < 1.29 is 4.79 Å². The molecule has 2 saturated carbocycles. The molecule has 2 aliphatic carbocycles. The Morgan fingerprint density at radius 1 is 0.964 bits per heavy atom. The Bertz CT molecular complexity index is 615. The van der Waals surface area contributed by atoms with Crippen molar-refractivity contribution >= 4 is 30.7 Å². The van der Waals surface area contributed by atoms with Crippen LogP contribution in [0.1, 0.15) is 56.1 Å². The van der Waals surface area contributed by atoms with Crippen LogP contribution in [0.4, 0.5) is 0 Å². The smallest absolute Gasteiger partial charge is 0.225 e. The van der Waals surface area contributed by atoms with E-state index in [0.717, 1.165) is 13.0 Å². The molecule has 3 aliphatic rings. The SMILES string of the molecule is Cl.Cl.NC1C2CCC(C2)C1C(=O)NCc1ccc(CN2CCCCCC2)cc1. The third-order valence-corrected chi connectivity index (χ3v) is 6.88. The van der Waals surface area contributed by atoms with Crippen molar-refractivity contribution in [3.63, 3.8) is 0 Å². The van der Waals surface area contributed by atoms with Crippen molar-refractivity contribution in [3.05, 3.63) is 35.4 Å². The molecule has 4 rings (SSSR count). The van der Waals surface area contributed by atoms with E-state index in [9.17, 15) is 4.79 Å². The van der Waals surface area contributed by atoms with E-state index in [1.807, 2.05) is 0 Å². The van der Waals surface area contributed by atoms with Gasteiger partial charge in [-0.1, -0.05) is 37.1 Å². The molecule has 1 saturated heterocycles. The number of benzene rings is 1. The first-order valence-corrected chi connectivity index (χ1v) is 10.5. The molecular formula is C22H35Cl2N3O. The van der Waals surface area contributed by atoms with Gasteiger partial charge < -0.3 is 11.1 Å². The lowest BCUT2D eigenvalue weighted by Gasteiger charge is -2.27. The van der Waals surface area contributed by atoms with Crippen LogP contribution >= 0.6 is 24.8 Å². The first kappa shape index (κ1) is 23.5. The van der Waals surface area contributed by atoms with E-state index >= 15 is 0 Å². The maximum absolute atomic E-state index is 12.6. The zero-order valence-electron chi connectivity index (χ0n) is 16.6. The molecule has 3 N–H and O–H groups in total. The van der Waals surface area contributed by atoms with Gasteiger partial charge in [0.05, 0.1) is 5.92 Å². The Labute approximate surface area is 181 Å². The van der Waals surface area contributed by atoms with Gasteiger partial charge in [-0.25, -0.2) is 0 Å². The molecular weight excluding hydrogens is 393 g/mol. The second-order valence-electron chi connectivity index (χ2n) is 8.66. The number of hydrogen-bond acceptors (Lipinski definition) is 3. The lowest BCUT2D eigenvalue weighted by Crippen LogP contribution is -2.45. The summed E-state index contributed by atoms with van der Waals surface area (Å²) in [6.07, 6.45) is 8.97. The lowest BCUT2D eigenvalue weighted by molar-refractivity contribution is -0.127. The van der Waals surface area contributed by atoms with Crippen LogP contribution in [0.15, 0.2) is 24.3 Å². The molecule has 6 heteroatoms. The minimum absolute atomic E-state index is 0.